The zero-order valence-electron chi connectivity index (χ0n) is 11.7. The van der Waals surface area contributed by atoms with Crippen molar-refractivity contribution in [3.05, 3.63) is 11.7 Å². The maximum Gasteiger partial charge on any atom is 0.317 e. The average Bonchev–Trinajstić information content (AvgIpc) is 2.84. The lowest BCUT2D eigenvalue weighted by Crippen LogP contribution is -2.50. The third kappa shape index (κ3) is 4.71. The predicted molar refractivity (Wildman–Crippen MR) is 69.7 cm³/mol. The molecule has 2 N–H and O–H groups in total. The lowest BCUT2D eigenvalue weighted by atomic mass is 10.2. The Bertz CT molecular complexity index is 504. The SMILES string of the molecule is Cc1nc(CCNC(=O)N2CCOC(CC(=O)O)C2)no1. The van der Waals surface area contributed by atoms with E-state index >= 15 is 0 Å². The normalized spacial score (nSPS) is 18.5. The van der Waals surface area contributed by atoms with Gasteiger partial charge in [-0.15, -0.1) is 0 Å². The van der Waals surface area contributed by atoms with Gasteiger partial charge in [0.15, 0.2) is 5.82 Å². The van der Waals surface area contributed by atoms with Crippen LogP contribution in [0.25, 0.3) is 0 Å². The van der Waals surface area contributed by atoms with E-state index in [4.69, 9.17) is 14.4 Å². The Morgan fingerprint density at radius 1 is 1.52 bits per heavy atom. The van der Waals surface area contributed by atoms with Crippen molar-refractivity contribution in [2.75, 3.05) is 26.2 Å². The summed E-state index contributed by atoms with van der Waals surface area (Å²) in [5.41, 5.74) is 0. The number of aliphatic carboxylic acids is 1. The molecule has 1 aliphatic rings. The number of urea groups is 1. The molecule has 0 aliphatic carbocycles. The molecule has 1 atom stereocenters. The standard InChI is InChI=1S/C12H18N4O5/c1-8-14-10(15-21-8)2-3-13-12(19)16-4-5-20-9(7-16)6-11(17)18/h9H,2-7H2,1H3,(H,13,19)(H,17,18). The van der Waals surface area contributed by atoms with Gasteiger partial charge in [0.05, 0.1) is 19.1 Å². The van der Waals surface area contributed by atoms with E-state index in [1.54, 1.807) is 11.8 Å². The summed E-state index contributed by atoms with van der Waals surface area (Å²) >= 11 is 0. The Morgan fingerprint density at radius 3 is 3.00 bits per heavy atom. The van der Waals surface area contributed by atoms with Crippen LogP contribution in [-0.4, -0.2) is 64.5 Å². The Labute approximate surface area is 121 Å². The molecule has 2 rings (SSSR count). The molecule has 0 radical (unpaired) electrons. The topological polar surface area (TPSA) is 118 Å². The molecule has 9 heteroatoms. The van der Waals surface area contributed by atoms with E-state index in [1.807, 2.05) is 0 Å². The van der Waals surface area contributed by atoms with Crippen LogP contribution < -0.4 is 5.32 Å². The Kier molecular flexibility index (Phi) is 5.09. The first-order chi connectivity index (χ1) is 10.0. The minimum Gasteiger partial charge on any atom is -0.481 e. The molecule has 21 heavy (non-hydrogen) atoms. The van der Waals surface area contributed by atoms with Gasteiger partial charge in [-0.3, -0.25) is 4.79 Å². The van der Waals surface area contributed by atoms with Crippen LogP contribution in [0.5, 0.6) is 0 Å². The van der Waals surface area contributed by atoms with Crippen LogP contribution in [0.4, 0.5) is 4.79 Å². The predicted octanol–water partition coefficient (Wildman–Crippen LogP) is -0.194. The molecular weight excluding hydrogens is 280 g/mol. The van der Waals surface area contributed by atoms with Crippen molar-refractivity contribution in [3.63, 3.8) is 0 Å². The number of nitrogens with zero attached hydrogens (tertiary/aromatic N) is 3. The fraction of sp³-hybridized carbons (Fsp3) is 0.667. The molecule has 0 aromatic carbocycles. The highest BCUT2D eigenvalue weighted by atomic mass is 16.5. The summed E-state index contributed by atoms with van der Waals surface area (Å²) in [5.74, 6) is 0.0919. The third-order valence-electron chi connectivity index (χ3n) is 3.02. The highest BCUT2D eigenvalue weighted by Gasteiger charge is 2.25. The number of aryl methyl sites for hydroxylation is 1. The monoisotopic (exact) mass is 298 g/mol. The second-order valence-electron chi connectivity index (χ2n) is 4.75. The number of carboxylic acid groups (broad SMARTS) is 1. The van der Waals surface area contributed by atoms with Crippen molar-refractivity contribution in [2.24, 2.45) is 0 Å². The van der Waals surface area contributed by atoms with Crippen LogP contribution in [0.1, 0.15) is 18.1 Å². The van der Waals surface area contributed by atoms with Gasteiger partial charge in [-0.1, -0.05) is 5.16 Å². The first kappa shape index (κ1) is 15.2. The van der Waals surface area contributed by atoms with E-state index in [0.717, 1.165) is 0 Å². The van der Waals surface area contributed by atoms with Crippen LogP contribution in [-0.2, 0) is 16.0 Å². The molecule has 1 unspecified atom stereocenters. The lowest BCUT2D eigenvalue weighted by Gasteiger charge is -2.32. The van der Waals surface area contributed by atoms with E-state index < -0.39 is 12.1 Å². The summed E-state index contributed by atoms with van der Waals surface area (Å²) in [6.45, 7) is 3.16. The number of hydrogen-bond donors (Lipinski definition) is 2. The number of ether oxygens (including phenoxy) is 1. The minimum absolute atomic E-state index is 0.105. The van der Waals surface area contributed by atoms with Crippen molar-refractivity contribution in [1.82, 2.24) is 20.4 Å². The summed E-state index contributed by atoms with van der Waals surface area (Å²) in [6.07, 6.45) is -0.0837. The van der Waals surface area contributed by atoms with Gasteiger partial charge in [0.2, 0.25) is 5.89 Å². The van der Waals surface area contributed by atoms with E-state index in [-0.39, 0.29) is 19.0 Å². The summed E-state index contributed by atoms with van der Waals surface area (Å²) < 4.78 is 10.1. The number of carboxylic acids is 1. The summed E-state index contributed by atoms with van der Waals surface area (Å²) in [4.78, 5) is 28.2. The Balaban J connectivity index is 1.73. The largest absolute Gasteiger partial charge is 0.481 e. The summed E-state index contributed by atoms with van der Waals surface area (Å²) in [6, 6.07) is -0.242. The molecule has 116 valence electrons. The molecule has 1 fully saturated rings. The van der Waals surface area contributed by atoms with Crippen LogP contribution in [0.2, 0.25) is 0 Å². The van der Waals surface area contributed by atoms with Gasteiger partial charge in [0.25, 0.3) is 0 Å². The molecule has 0 spiro atoms. The molecule has 2 heterocycles. The number of nitrogens with one attached hydrogen (secondary N) is 1. The van der Waals surface area contributed by atoms with Gasteiger partial charge >= 0.3 is 12.0 Å². The van der Waals surface area contributed by atoms with E-state index in [1.165, 1.54) is 0 Å². The van der Waals surface area contributed by atoms with E-state index in [0.29, 0.717) is 37.8 Å². The first-order valence-electron chi connectivity index (χ1n) is 6.70. The number of rotatable bonds is 5. The molecule has 2 amide bonds. The molecule has 0 bridgehead atoms. The number of hydrogen-bond acceptors (Lipinski definition) is 6. The van der Waals surface area contributed by atoms with Gasteiger partial charge < -0.3 is 24.6 Å². The van der Waals surface area contributed by atoms with Crippen LogP contribution in [0.15, 0.2) is 4.52 Å². The zero-order chi connectivity index (χ0) is 15.2. The Hall–Kier alpha value is -2.16. The minimum atomic E-state index is -0.935. The van der Waals surface area contributed by atoms with Crippen LogP contribution in [0.3, 0.4) is 0 Å². The number of aromatic nitrogens is 2. The lowest BCUT2D eigenvalue weighted by molar-refractivity contribution is -0.141. The van der Waals surface area contributed by atoms with Gasteiger partial charge in [-0.2, -0.15) is 4.98 Å². The maximum absolute atomic E-state index is 12.0. The summed E-state index contributed by atoms with van der Waals surface area (Å²) in [7, 11) is 0. The molecule has 1 aliphatic heterocycles. The highest BCUT2D eigenvalue weighted by Crippen LogP contribution is 2.08. The van der Waals surface area contributed by atoms with Gasteiger partial charge in [-0.05, 0) is 0 Å². The maximum atomic E-state index is 12.0. The van der Waals surface area contributed by atoms with Crippen molar-refractivity contribution in [2.45, 2.75) is 25.9 Å². The van der Waals surface area contributed by atoms with Gasteiger partial charge in [0.1, 0.15) is 0 Å². The molecule has 1 aromatic heterocycles. The third-order valence-corrected chi connectivity index (χ3v) is 3.02. The first-order valence-corrected chi connectivity index (χ1v) is 6.70. The zero-order valence-corrected chi connectivity index (χ0v) is 11.7. The second kappa shape index (κ2) is 7.02. The molecule has 9 nitrogen and oxygen atoms in total. The van der Waals surface area contributed by atoms with Gasteiger partial charge in [0, 0.05) is 33.0 Å². The number of morpholine rings is 1. The van der Waals surface area contributed by atoms with Crippen molar-refractivity contribution in [1.29, 1.82) is 0 Å². The van der Waals surface area contributed by atoms with Crippen molar-refractivity contribution < 1.29 is 24.0 Å². The number of amides is 2. The van der Waals surface area contributed by atoms with Crippen LogP contribution >= 0.6 is 0 Å². The van der Waals surface area contributed by atoms with Crippen molar-refractivity contribution in [3.8, 4) is 0 Å². The Morgan fingerprint density at radius 2 is 2.33 bits per heavy atom. The van der Waals surface area contributed by atoms with E-state index in [9.17, 15) is 9.59 Å². The van der Waals surface area contributed by atoms with Gasteiger partial charge in [-0.25, -0.2) is 4.79 Å². The fourth-order valence-corrected chi connectivity index (χ4v) is 2.06. The van der Waals surface area contributed by atoms with Crippen LogP contribution in [0, 0.1) is 6.92 Å². The second-order valence-corrected chi connectivity index (χ2v) is 4.75. The number of carbonyl (C=O) groups excluding carboxylic acids is 1. The molecular formula is C12H18N4O5. The number of carbonyl (C=O) groups is 2. The fourth-order valence-electron chi connectivity index (χ4n) is 2.06. The molecule has 1 saturated heterocycles. The average molecular weight is 298 g/mol. The van der Waals surface area contributed by atoms with E-state index in [2.05, 4.69) is 15.5 Å². The smallest absolute Gasteiger partial charge is 0.317 e. The quantitative estimate of drug-likeness (QED) is 0.773. The molecule has 1 aromatic rings. The molecule has 0 saturated carbocycles. The highest BCUT2D eigenvalue weighted by molar-refractivity contribution is 5.74. The van der Waals surface area contributed by atoms with Crippen molar-refractivity contribution >= 4 is 12.0 Å². The summed E-state index contributed by atoms with van der Waals surface area (Å²) in [5, 5.41) is 15.2.